The van der Waals surface area contributed by atoms with E-state index in [1.807, 2.05) is 0 Å². The van der Waals surface area contributed by atoms with E-state index in [4.69, 9.17) is 9.84 Å². The lowest BCUT2D eigenvalue weighted by molar-refractivity contribution is -0.144. The molecule has 1 saturated carbocycles. The summed E-state index contributed by atoms with van der Waals surface area (Å²) in [5.41, 5.74) is 0. The van der Waals surface area contributed by atoms with Crippen molar-refractivity contribution in [1.82, 2.24) is 0 Å². The normalized spacial score (nSPS) is 27.5. The van der Waals surface area contributed by atoms with E-state index in [2.05, 4.69) is 6.92 Å². The van der Waals surface area contributed by atoms with Crippen LogP contribution in [-0.2, 0) is 9.53 Å². The minimum absolute atomic E-state index is 0.171. The average Bonchev–Trinajstić information content (AvgIpc) is 2.19. The van der Waals surface area contributed by atoms with E-state index in [0.29, 0.717) is 6.42 Å². The molecule has 1 fully saturated rings. The Balaban J connectivity index is 2.22. The molecule has 0 unspecified atom stereocenters. The average molecular weight is 200 g/mol. The summed E-state index contributed by atoms with van der Waals surface area (Å²) in [4.78, 5) is 10.8. The van der Waals surface area contributed by atoms with Crippen molar-refractivity contribution in [3.05, 3.63) is 0 Å². The lowest BCUT2D eigenvalue weighted by Gasteiger charge is -2.26. The van der Waals surface area contributed by atoms with Gasteiger partial charge in [0.15, 0.2) is 0 Å². The zero-order chi connectivity index (χ0) is 10.4. The van der Waals surface area contributed by atoms with Gasteiger partial charge in [0, 0.05) is 6.61 Å². The highest BCUT2D eigenvalue weighted by atomic mass is 16.5. The molecule has 0 aromatic rings. The molecule has 0 aromatic carbocycles. The van der Waals surface area contributed by atoms with Crippen LogP contribution >= 0.6 is 0 Å². The van der Waals surface area contributed by atoms with Crippen LogP contribution in [-0.4, -0.2) is 23.8 Å². The Hall–Kier alpha value is -0.570. The maximum atomic E-state index is 10.8. The van der Waals surface area contributed by atoms with Crippen molar-refractivity contribution in [2.45, 2.75) is 51.6 Å². The molecule has 0 radical (unpaired) electrons. The Kier molecular flexibility index (Phi) is 4.94. The summed E-state index contributed by atoms with van der Waals surface area (Å²) >= 11 is 0. The standard InChI is InChI=1S/C11H20O3/c1-2-3-7-14-10-6-4-5-9(8-10)11(12)13/h9-10H,2-8H2,1H3,(H,12,13)/t9-,10+/m0/s1. The molecule has 0 amide bonds. The van der Waals surface area contributed by atoms with Crippen molar-refractivity contribution in [3.8, 4) is 0 Å². The van der Waals surface area contributed by atoms with E-state index in [1.54, 1.807) is 0 Å². The van der Waals surface area contributed by atoms with Crippen LogP contribution in [0, 0.1) is 5.92 Å². The number of rotatable bonds is 5. The van der Waals surface area contributed by atoms with E-state index in [1.165, 1.54) is 0 Å². The molecule has 14 heavy (non-hydrogen) atoms. The van der Waals surface area contributed by atoms with Crippen LogP contribution in [0.15, 0.2) is 0 Å². The van der Waals surface area contributed by atoms with Crippen molar-refractivity contribution in [3.63, 3.8) is 0 Å². The smallest absolute Gasteiger partial charge is 0.306 e. The predicted molar refractivity (Wildman–Crippen MR) is 54.2 cm³/mol. The molecule has 0 aromatic heterocycles. The number of hydrogen-bond donors (Lipinski definition) is 1. The number of carboxylic acids is 1. The lowest BCUT2D eigenvalue weighted by Crippen LogP contribution is -2.27. The molecular weight excluding hydrogens is 180 g/mol. The van der Waals surface area contributed by atoms with Crippen LogP contribution in [0.2, 0.25) is 0 Å². The first-order valence-corrected chi connectivity index (χ1v) is 5.58. The second-order valence-electron chi connectivity index (χ2n) is 4.05. The quantitative estimate of drug-likeness (QED) is 0.693. The summed E-state index contributed by atoms with van der Waals surface area (Å²) in [6.07, 6.45) is 5.96. The summed E-state index contributed by atoms with van der Waals surface area (Å²) in [6.45, 7) is 2.91. The molecule has 0 aliphatic heterocycles. The highest BCUT2D eigenvalue weighted by Gasteiger charge is 2.27. The lowest BCUT2D eigenvalue weighted by atomic mass is 9.87. The zero-order valence-corrected chi connectivity index (χ0v) is 8.87. The fourth-order valence-electron chi connectivity index (χ4n) is 1.91. The number of hydrogen-bond acceptors (Lipinski definition) is 2. The van der Waals surface area contributed by atoms with Gasteiger partial charge >= 0.3 is 5.97 Å². The molecule has 1 aliphatic rings. The number of aliphatic carboxylic acids is 1. The van der Waals surface area contributed by atoms with Gasteiger partial charge in [-0.2, -0.15) is 0 Å². The fourth-order valence-corrected chi connectivity index (χ4v) is 1.91. The number of carboxylic acid groups (broad SMARTS) is 1. The molecule has 3 nitrogen and oxygen atoms in total. The number of unbranched alkanes of at least 4 members (excludes halogenated alkanes) is 1. The fraction of sp³-hybridized carbons (Fsp3) is 0.909. The van der Waals surface area contributed by atoms with Crippen LogP contribution in [0.4, 0.5) is 0 Å². The maximum Gasteiger partial charge on any atom is 0.306 e. The second kappa shape index (κ2) is 6.02. The Morgan fingerprint density at radius 3 is 2.93 bits per heavy atom. The topological polar surface area (TPSA) is 46.5 Å². The van der Waals surface area contributed by atoms with Gasteiger partial charge in [0.1, 0.15) is 0 Å². The highest BCUT2D eigenvalue weighted by Crippen LogP contribution is 2.26. The minimum Gasteiger partial charge on any atom is -0.481 e. The van der Waals surface area contributed by atoms with Crippen LogP contribution in [0.1, 0.15) is 45.4 Å². The molecule has 82 valence electrons. The largest absolute Gasteiger partial charge is 0.481 e. The maximum absolute atomic E-state index is 10.8. The Bertz CT molecular complexity index is 179. The third-order valence-electron chi connectivity index (χ3n) is 2.83. The van der Waals surface area contributed by atoms with Gasteiger partial charge in [0.25, 0.3) is 0 Å². The summed E-state index contributed by atoms with van der Waals surface area (Å²) < 4.78 is 5.64. The predicted octanol–water partition coefficient (Wildman–Crippen LogP) is 2.45. The van der Waals surface area contributed by atoms with E-state index >= 15 is 0 Å². The van der Waals surface area contributed by atoms with Gasteiger partial charge in [0.05, 0.1) is 12.0 Å². The van der Waals surface area contributed by atoms with Gasteiger partial charge in [-0.05, 0) is 25.7 Å². The van der Waals surface area contributed by atoms with Crippen molar-refractivity contribution < 1.29 is 14.6 Å². The van der Waals surface area contributed by atoms with Crippen molar-refractivity contribution >= 4 is 5.97 Å². The third kappa shape index (κ3) is 3.66. The van der Waals surface area contributed by atoms with E-state index < -0.39 is 5.97 Å². The van der Waals surface area contributed by atoms with Gasteiger partial charge in [0.2, 0.25) is 0 Å². The molecule has 1 N–H and O–H groups in total. The van der Waals surface area contributed by atoms with Crippen molar-refractivity contribution in [2.24, 2.45) is 5.92 Å². The van der Waals surface area contributed by atoms with Crippen molar-refractivity contribution in [2.75, 3.05) is 6.61 Å². The Labute approximate surface area is 85.5 Å². The Morgan fingerprint density at radius 2 is 2.29 bits per heavy atom. The molecule has 0 spiro atoms. The molecular formula is C11H20O3. The molecule has 1 aliphatic carbocycles. The first kappa shape index (κ1) is 11.5. The molecule has 3 heteroatoms. The molecule has 0 bridgehead atoms. The van der Waals surface area contributed by atoms with E-state index in [0.717, 1.165) is 38.7 Å². The monoisotopic (exact) mass is 200 g/mol. The van der Waals surface area contributed by atoms with Gasteiger partial charge in [-0.1, -0.05) is 19.8 Å². The van der Waals surface area contributed by atoms with Crippen molar-refractivity contribution in [1.29, 1.82) is 0 Å². The summed E-state index contributed by atoms with van der Waals surface area (Å²) in [5.74, 6) is -0.829. The van der Waals surface area contributed by atoms with Gasteiger partial charge in [-0.25, -0.2) is 0 Å². The first-order valence-electron chi connectivity index (χ1n) is 5.58. The minimum atomic E-state index is -0.659. The van der Waals surface area contributed by atoms with Crippen LogP contribution in [0.25, 0.3) is 0 Å². The van der Waals surface area contributed by atoms with Gasteiger partial charge in [-0.15, -0.1) is 0 Å². The van der Waals surface area contributed by atoms with Crippen LogP contribution < -0.4 is 0 Å². The van der Waals surface area contributed by atoms with E-state index in [9.17, 15) is 4.79 Å². The Morgan fingerprint density at radius 1 is 1.50 bits per heavy atom. The molecule has 1 rings (SSSR count). The van der Waals surface area contributed by atoms with Gasteiger partial charge < -0.3 is 9.84 Å². The van der Waals surface area contributed by atoms with Gasteiger partial charge in [-0.3, -0.25) is 4.79 Å². The number of carbonyl (C=O) groups is 1. The van der Waals surface area contributed by atoms with Crippen LogP contribution in [0.3, 0.4) is 0 Å². The second-order valence-corrected chi connectivity index (χ2v) is 4.05. The summed E-state index contributed by atoms with van der Waals surface area (Å²) in [6, 6.07) is 0. The first-order chi connectivity index (χ1) is 6.74. The molecule has 0 saturated heterocycles. The zero-order valence-electron chi connectivity index (χ0n) is 8.87. The molecule has 0 heterocycles. The molecule has 2 atom stereocenters. The van der Waals surface area contributed by atoms with Crippen LogP contribution in [0.5, 0.6) is 0 Å². The SMILES string of the molecule is CCCCO[C@@H]1CCC[C@H](C(=O)O)C1. The summed E-state index contributed by atoms with van der Waals surface area (Å²) in [5, 5.41) is 8.87. The third-order valence-corrected chi connectivity index (χ3v) is 2.83. The highest BCUT2D eigenvalue weighted by molar-refractivity contribution is 5.70. The number of ether oxygens (including phenoxy) is 1. The summed E-state index contributed by atoms with van der Waals surface area (Å²) in [7, 11) is 0. The van der Waals surface area contributed by atoms with E-state index in [-0.39, 0.29) is 12.0 Å².